The fourth-order valence-electron chi connectivity index (χ4n) is 2.54. The molecule has 1 aromatic rings. The molecule has 2 rings (SSSR count). The maximum Gasteiger partial charge on any atom is 0.124 e. The van der Waals surface area contributed by atoms with Crippen molar-refractivity contribution in [2.75, 3.05) is 6.61 Å². The first kappa shape index (κ1) is 12.4. The molecule has 94 valence electrons. The average Bonchev–Trinajstić information content (AvgIpc) is 2.80. The minimum Gasteiger partial charge on any atom is -0.493 e. The van der Waals surface area contributed by atoms with Gasteiger partial charge in [-0.2, -0.15) is 0 Å². The molecule has 0 amide bonds. The van der Waals surface area contributed by atoms with Gasteiger partial charge in [-0.1, -0.05) is 30.5 Å². The van der Waals surface area contributed by atoms with E-state index in [1.807, 2.05) is 6.92 Å². The molecule has 2 nitrogen and oxygen atoms in total. The zero-order valence-electron chi connectivity index (χ0n) is 10.9. The maximum atomic E-state index is 5.99. The second kappa shape index (κ2) is 5.54. The molecule has 2 N–H and O–H groups in total. The second-order valence-electron chi connectivity index (χ2n) is 5.29. The molecule has 0 saturated heterocycles. The molecule has 0 bridgehead atoms. The average molecular weight is 233 g/mol. The van der Waals surface area contributed by atoms with E-state index < -0.39 is 0 Å². The first-order valence-electron chi connectivity index (χ1n) is 6.65. The van der Waals surface area contributed by atoms with Gasteiger partial charge < -0.3 is 10.5 Å². The van der Waals surface area contributed by atoms with Gasteiger partial charge >= 0.3 is 0 Å². The van der Waals surface area contributed by atoms with Crippen molar-refractivity contribution in [3.05, 3.63) is 29.3 Å². The van der Waals surface area contributed by atoms with Crippen LogP contribution in [0.1, 0.15) is 49.8 Å². The molecule has 1 fully saturated rings. The third kappa shape index (κ3) is 3.22. The molecule has 1 saturated carbocycles. The van der Waals surface area contributed by atoms with Crippen LogP contribution in [-0.4, -0.2) is 6.61 Å². The van der Waals surface area contributed by atoms with E-state index in [4.69, 9.17) is 10.5 Å². The Bertz CT molecular complexity index is 367. The third-order valence-corrected chi connectivity index (χ3v) is 3.61. The molecule has 1 aliphatic carbocycles. The highest BCUT2D eigenvalue weighted by Crippen LogP contribution is 2.29. The molecule has 1 aliphatic rings. The van der Waals surface area contributed by atoms with Crippen LogP contribution < -0.4 is 10.5 Å². The Kier molecular flexibility index (Phi) is 4.06. The Morgan fingerprint density at radius 1 is 1.35 bits per heavy atom. The van der Waals surface area contributed by atoms with Gasteiger partial charge in [-0.3, -0.25) is 0 Å². The topological polar surface area (TPSA) is 35.2 Å². The van der Waals surface area contributed by atoms with Crippen molar-refractivity contribution >= 4 is 0 Å². The highest BCUT2D eigenvalue weighted by molar-refractivity contribution is 5.38. The summed E-state index contributed by atoms with van der Waals surface area (Å²) >= 11 is 0. The zero-order chi connectivity index (χ0) is 12.3. The van der Waals surface area contributed by atoms with Gasteiger partial charge in [0.25, 0.3) is 0 Å². The summed E-state index contributed by atoms with van der Waals surface area (Å²) in [5, 5.41) is 0. The van der Waals surface area contributed by atoms with Crippen LogP contribution in [0.15, 0.2) is 18.2 Å². The van der Waals surface area contributed by atoms with E-state index in [1.165, 1.54) is 31.2 Å². The van der Waals surface area contributed by atoms with Crippen LogP contribution in [0.5, 0.6) is 5.75 Å². The van der Waals surface area contributed by atoms with E-state index in [0.717, 1.165) is 23.8 Å². The largest absolute Gasteiger partial charge is 0.493 e. The van der Waals surface area contributed by atoms with Crippen molar-refractivity contribution in [1.29, 1.82) is 0 Å². The number of nitrogens with two attached hydrogens (primary N) is 1. The van der Waals surface area contributed by atoms with Crippen molar-refractivity contribution in [3.8, 4) is 5.75 Å². The summed E-state index contributed by atoms with van der Waals surface area (Å²) in [6.07, 6.45) is 5.36. The minimum absolute atomic E-state index is 0.0356. The molecule has 1 aromatic carbocycles. The molecule has 0 heterocycles. The lowest BCUT2D eigenvalue weighted by Crippen LogP contribution is -2.12. The highest BCUT2D eigenvalue weighted by Gasteiger charge is 2.16. The summed E-state index contributed by atoms with van der Waals surface area (Å²) in [5.74, 6) is 1.72. The summed E-state index contributed by atoms with van der Waals surface area (Å²) in [7, 11) is 0. The Labute approximate surface area is 104 Å². The SMILES string of the molecule is Cc1ccc(OCC2CCCC2)c(C(C)N)c1. The Balaban J connectivity index is 2.03. The van der Waals surface area contributed by atoms with E-state index in [9.17, 15) is 0 Å². The van der Waals surface area contributed by atoms with Crippen molar-refractivity contribution in [3.63, 3.8) is 0 Å². The van der Waals surface area contributed by atoms with E-state index in [-0.39, 0.29) is 6.04 Å². The van der Waals surface area contributed by atoms with Crippen molar-refractivity contribution in [1.82, 2.24) is 0 Å². The van der Waals surface area contributed by atoms with Crippen LogP contribution in [-0.2, 0) is 0 Å². The standard InChI is InChI=1S/C15H23NO/c1-11-7-8-15(14(9-11)12(2)16)17-10-13-5-3-4-6-13/h7-9,12-13H,3-6,10,16H2,1-2H3. The van der Waals surface area contributed by atoms with Crippen LogP contribution in [0, 0.1) is 12.8 Å². The Morgan fingerprint density at radius 2 is 2.06 bits per heavy atom. The molecule has 1 unspecified atom stereocenters. The van der Waals surface area contributed by atoms with Crippen LogP contribution in [0.4, 0.5) is 0 Å². The van der Waals surface area contributed by atoms with Gasteiger partial charge in [0.2, 0.25) is 0 Å². The van der Waals surface area contributed by atoms with E-state index >= 15 is 0 Å². The lowest BCUT2D eigenvalue weighted by atomic mass is 10.0. The summed E-state index contributed by atoms with van der Waals surface area (Å²) < 4.78 is 5.96. The molecule has 2 heteroatoms. The van der Waals surface area contributed by atoms with Gasteiger partial charge in [-0.15, -0.1) is 0 Å². The molecular weight excluding hydrogens is 210 g/mol. The van der Waals surface area contributed by atoms with E-state index in [1.54, 1.807) is 0 Å². The predicted molar refractivity (Wildman–Crippen MR) is 71.2 cm³/mol. The van der Waals surface area contributed by atoms with Crippen LogP contribution >= 0.6 is 0 Å². The normalized spacial score (nSPS) is 18.3. The first-order valence-corrected chi connectivity index (χ1v) is 6.65. The molecule has 0 aromatic heterocycles. The van der Waals surface area contributed by atoms with Gasteiger partial charge in [0.1, 0.15) is 5.75 Å². The Hall–Kier alpha value is -1.02. The van der Waals surface area contributed by atoms with Crippen molar-refractivity contribution in [2.24, 2.45) is 11.7 Å². The van der Waals surface area contributed by atoms with Crippen LogP contribution in [0.2, 0.25) is 0 Å². The molecular formula is C15H23NO. The predicted octanol–water partition coefficient (Wildman–Crippen LogP) is 3.58. The molecule has 0 aliphatic heterocycles. The van der Waals surface area contributed by atoms with E-state index in [0.29, 0.717) is 0 Å². The van der Waals surface area contributed by atoms with Crippen molar-refractivity contribution in [2.45, 2.75) is 45.6 Å². The first-order chi connectivity index (χ1) is 8.16. The Morgan fingerprint density at radius 3 is 2.71 bits per heavy atom. The number of hydrogen-bond donors (Lipinski definition) is 1. The molecule has 0 radical (unpaired) electrons. The van der Waals surface area contributed by atoms with Crippen molar-refractivity contribution < 1.29 is 4.74 Å². The fraction of sp³-hybridized carbons (Fsp3) is 0.600. The highest BCUT2D eigenvalue weighted by atomic mass is 16.5. The molecule has 0 spiro atoms. The van der Waals surface area contributed by atoms with Gasteiger partial charge in [-0.05, 0) is 38.7 Å². The number of hydrogen-bond acceptors (Lipinski definition) is 2. The molecule has 17 heavy (non-hydrogen) atoms. The van der Waals surface area contributed by atoms with Gasteiger partial charge in [0.05, 0.1) is 6.61 Å². The van der Waals surface area contributed by atoms with Gasteiger partial charge in [-0.25, -0.2) is 0 Å². The van der Waals surface area contributed by atoms with Crippen LogP contribution in [0.25, 0.3) is 0 Å². The summed E-state index contributed by atoms with van der Waals surface area (Å²) in [4.78, 5) is 0. The monoisotopic (exact) mass is 233 g/mol. The maximum absolute atomic E-state index is 5.99. The van der Waals surface area contributed by atoms with E-state index in [2.05, 4.69) is 25.1 Å². The smallest absolute Gasteiger partial charge is 0.124 e. The fourth-order valence-corrected chi connectivity index (χ4v) is 2.54. The number of aryl methyl sites for hydroxylation is 1. The summed E-state index contributed by atoms with van der Waals surface area (Å²) in [6, 6.07) is 6.32. The summed E-state index contributed by atoms with van der Waals surface area (Å²) in [5.41, 5.74) is 8.36. The number of ether oxygens (including phenoxy) is 1. The quantitative estimate of drug-likeness (QED) is 0.862. The lowest BCUT2D eigenvalue weighted by Gasteiger charge is -2.17. The number of rotatable bonds is 4. The van der Waals surface area contributed by atoms with Crippen LogP contribution in [0.3, 0.4) is 0 Å². The third-order valence-electron chi connectivity index (χ3n) is 3.61. The minimum atomic E-state index is 0.0356. The van der Waals surface area contributed by atoms with Gasteiger partial charge in [0.15, 0.2) is 0 Å². The zero-order valence-corrected chi connectivity index (χ0v) is 10.9. The second-order valence-corrected chi connectivity index (χ2v) is 5.29. The summed E-state index contributed by atoms with van der Waals surface area (Å²) in [6.45, 7) is 4.95. The lowest BCUT2D eigenvalue weighted by molar-refractivity contribution is 0.249. The van der Waals surface area contributed by atoms with Gasteiger partial charge in [0, 0.05) is 11.6 Å². The molecule has 1 atom stereocenters. The number of benzene rings is 1.